The van der Waals surface area contributed by atoms with Crippen LogP contribution in [0.4, 0.5) is 5.69 Å². The van der Waals surface area contributed by atoms with Crippen molar-refractivity contribution < 1.29 is 32.6 Å². The first-order chi connectivity index (χ1) is 22.9. The molecule has 1 aliphatic rings. The lowest BCUT2D eigenvalue weighted by molar-refractivity contribution is -0.115. The van der Waals surface area contributed by atoms with Gasteiger partial charge in [0.1, 0.15) is 5.75 Å². The highest BCUT2D eigenvalue weighted by atomic mass is 35.5. The van der Waals surface area contributed by atoms with Crippen molar-refractivity contribution in [3.63, 3.8) is 0 Å². The van der Waals surface area contributed by atoms with E-state index in [-0.39, 0.29) is 60.4 Å². The number of anilines is 1. The number of nitrogens with zero attached hydrogens (tertiary/aromatic N) is 2. The van der Waals surface area contributed by atoms with E-state index in [0.717, 1.165) is 18.4 Å². The van der Waals surface area contributed by atoms with Gasteiger partial charge in [0.2, 0.25) is 15.9 Å². The van der Waals surface area contributed by atoms with E-state index in [1.807, 2.05) is 44.2 Å². The van der Waals surface area contributed by atoms with Crippen molar-refractivity contribution in [2.75, 3.05) is 38.7 Å². The van der Waals surface area contributed by atoms with Crippen molar-refractivity contribution >= 4 is 39.1 Å². The molecule has 0 aliphatic carbocycles. The lowest BCUT2D eigenvalue weighted by atomic mass is 10.0. The standard InChI is InChI=1S/C36H46ClN3O7S/c1-25-22-40(26(2)24-41)36(43)32-21-30(38-35(42)20-28-11-6-5-7-12-28)15-18-33(32)47-27(3)10-8-9-19-46-34(25)23-39(4)48(44,45)31-16-13-29(37)14-17-31/h5-7,11-18,21,25-27,34,41H,8-10,19-20,22-24H2,1-4H3,(H,38,42)/t25-,26-,27+,34+/m1/s1. The van der Waals surface area contributed by atoms with Crippen LogP contribution in [0.5, 0.6) is 5.75 Å². The fourth-order valence-corrected chi connectivity index (χ4v) is 6.90. The molecular weight excluding hydrogens is 654 g/mol. The first-order valence-electron chi connectivity index (χ1n) is 16.3. The number of aliphatic hydroxyl groups excluding tert-OH is 1. The topological polar surface area (TPSA) is 125 Å². The zero-order chi connectivity index (χ0) is 34.8. The molecule has 4 atom stereocenters. The predicted molar refractivity (Wildman–Crippen MR) is 187 cm³/mol. The zero-order valence-electron chi connectivity index (χ0n) is 28.0. The van der Waals surface area contributed by atoms with Gasteiger partial charge in [-0.3, -0.25) is 9.59 Å². The van der Waals surface area contributed by atoms with Crippen molar-refractivity contribution in [3.8, 4) is 5.75 Å². The average Bonchev–Trinajstić information content (AvgIpc) is 3.06. The number of hydrogen-bond donors (Lipinski definition) is 2. The highest BCUT2D eigenvalue weighted by Gasteiger charge is 2.32. The third-order valence-electron chi connectivity index (χ3n) is 8.50. The maximum Gasteiger partial charge on any atom is 0.258 e. The number of halogens is 1. The number of sulfonamides is 1. The smallest absolute Gasteiger partial charge is 0.258 e. The Morgan fingerprint density at radius 1 is 1.08 bits per heavy atom. The molecule has 3 aromatic rings. The number of carbonyl (C=O) groups excluding carboxylic acids is 2. The average molecular weight is 700 g/mol. The second-order valence-electron chi connectivity index (χ2n) is 12.5. The van der Waals surface area contributed by atoms with Gasteiger partial charge in [-0.15, -0.1) is 0 Å². The van der Waals surface area contributed by atoms with Gasteiger partial charge in [0, 0.05) is 43.4 Å². The maximum atomic E-state index is 14.4. The summed E-state index contributed by atoms with van der Waals surface area (Å²) in [7, 11) is -2.34. The third-order valence-corrected chi connectivity index (χ3v) is 10.6. The van der Waals surface area contributed by atoms with Gasteiger partial charge in [-0.2, -0.15) is 4.31 Å². The van der Waals surface area contributed by atoms with E-state index in [2.05, 4.69) is 5.32 Å². The van der Waals surface area contributed by atoms with E-state index in [4.69, 9.17) is 21.1 Å². The number of benzene rings is 3. The van der Waals surface area contributed by atoms with E-state index in [0.29, 0.717) is 29.5 Å². The number of amides is 2. The molecule has 0 radical (unpaired) electrons. The molecule has 3 aromatic carbocycles. The Kier molecular flexibility index (Phi) is 13.4. The predicted octanol–water partition coefficient (Wildman–Crippen LogP) is 5.64. The maximum absolute atomic E-state index is 14.4. The summed E-state index contributed by atoms with van der Waals surface area (Å²) in [6.45, 7) is 5.91. The van der Waals surface area contributed by atoms with E-state index < -0.39 is 22.2 Å². The van der Waals surface area contributed by atoms with Gasteiger partial charge >= 0.3 is 0 Å². The van der Waals surface area contributed by atoms with Crippen LogP contribution < -0.4 is 10.1 Å². The summed E-state index contributed by atoms with van der Waals surface area (Å²) < 4.78 is 40.7. The molecule has 0 bridgehead atoms. The van der Waals surface area contributed by atoms with E-state index in [1.54, 1.807) is 30.0 Å². The quantitative estimate of drug-likeness (QED) is 0.296. The number of hydrogen-bond acceptors (Lipinski definition) is 7. The molecule has 0 fully saturated rings. The molecule has 4 rings (SSSR count). The molecule has 0 unspecified atom stereocenters. The molecule has 0 aromatic heterocycles. The first-order valence-corrected chi connectivity index (χ1v) is 18.1. The second-order valence-corrected chi connectivity index (χ2v) is 14.9. The summed E-state index contributed by atoms with van der Waals surface area (Å²) in [6.07, 6.45) is 1.64. The number of nitrogens with one attached hydrogen (secondary N) is 1. The van der Waals surface area contributed by atoms with Crippen LogP contribution in [0.3, 0.4) is 0 Å². The minimum Gasteiger partial charge on any atom is -0.490 e. The van der Waals surface area contributed by atoms with Crippen LogP contribution in [0.1, 0.15) is 56.0 Å². The van der Waals surface area contributed by atoms with Crippen molar-refractivity contribution in [1.29, 1.82) is 0 Å². The third kappa shape index (κ3) is 10.0. The van der Waals surface area contributed by atoms with Crippen LogP contribution in [0.25, 0.3) is 0 Å². The van der Waals surface area contributed by atoms with Crippen LogP contribution in [-0.4, -0.2) is 86.1 Å². The molecule has 1 heterocycles. The van der Waals surface area contributed by atoms with Gasteiger partial charge in [0.15, 0.2) is 0 Å². The monoisotopic (exact) mass is 699 g/mol. The summed E-state index contributed by atoms with van der Waals surface area (Å²) >= 11 is 5.98. The van der Waals surface area contributed by atoms with Crippen LogP contribution in [0.15, 0.2) is 77.7 Å². The molecule has 2 N–H and O–H groups in total. The largest absolute Gasteiger partial charge is 0.490 e. The summed E-state index contributed by atoms with van der Waals surface area (Å²) in [4.78, 5) is 28.9. The Bertz CT molecular complexity index is 1620. The Morgan fingerprint density at radius 3 is 2.48 bits per heavy atom. The number of rotatable bonds is 9. The summed E-state index contributed by atoms with van der Waals surface area (Å²) in [5.41, 5.74) is 1.56. The summed E-state index contributed by atoms with van der Waals surface area (Å²) in [6, 6.07) is 19.8. The minimum absolute atomic E-state index is 0.0510. The van der Waals surface area contributed by atoms with Gasteiger partial charge < -0.3 is 24.8 Å². The molecule has 1 aliphatic heterocycles. The molecule has 0 spiro atoms. The van der Waals surface area contributed by atoms with Crippen LogP contribution >= 0.6 is 11.6 Å². The zero-order valence-corrected chi connectivity index (χ0v) is 29.5. The Balaban J connectivity index is 1.62. The molecule has 12 heteroatoms. The Morgan fingerprint density at radius 2 is 1.79 bits per heavy atom. The van der Waals surface area contributed by atoms with Crippen LogP contribution in [0, 0.1) is 5.92 Å². The Hall–Kier alpha value is -3.48. The summed E-state index contributed by atoms with van der Waals surface area (Å²) in [5, 5.41) is 13.6. The number of aliphatic hydroxyl groups is 1. The molecule has 2 amide bonds. The van der Waals surface area contributed by atoms with E-state index in [9.17, 15) is 23.1 Å². The van der Waals surface area contributed by atoms with Gasteiger partial charge in [0.05, 0.1) is 41.7 Å². The molecule has 10 nitrogen and oxygen atoms in total. The fraction of sp³-hybridized carbons (Fsp3) is 0.444. The van der Waals surface area contributed by atoms with Gasteiger partial charge in [-0.1, -0.05) is 48.9 Å². The second kappa shape index (κ2) is 17.3. The number of ether oxygens (including phenoxy) is 2. The minimum atomic E-state index is -3.84. The van der Waals surface area contributed by atoms with Crippen LogP contribution in [0.2, 0.25) is 5.02 Å². The Labute approximate surface area is 289 Å². The number of carbonyl (C=O) groups is 2. The normalized spacial score (nSPS) is 20.4. The van der Waals surface area contributed by atoms with Crippen molar-refractivity contribution in [2.45, 2.75) is 69.6 Å². The number of likely N-dealkylation sites (N-methyl/N-ethyl adjacent to an activating group) is 1. The highest BCUT2D eigenvalue weighted by molar-refractivity contribution is 7.89. The van der Waals surface area contributed by atoms with E-state index in [1.165, 1.54) is 35.6 Å². The van der Waals surface area contributed by atoms with Gasteiger partial charge in [-0.05, 0) is 81.1 Å². The van der Waals surface area contributed by atoms with Crippen molar-refractivity contribution in [1.82, 2.24) is 9.21 Å². The first kappa shape index (κ1) is 37.3. The fourth-order valence-electron chi connectivity index (χ4n) is 5.59. The molecule has 260 valence electrons. The lowest BCUT2D eigenvalue weighted by Crippen LogP contribution is -2.48. The molecule has 0 saturated carbocycles. The summed E-state index contributed by atoms with van der Waals surface area (Å²) in [5.74, 6) is -0.556. The lowest BCUT2D eigenvalue weighted by Gasteiger charge is -2.35. The molecule has 48 heavy (non-hydrogen) atoms. The van der Waals surface area contributed by atoms with Crippen molar-refractivity contribution in [3.05, 3.63) is 88.9 Å². The van der Waals surface area contributed by atoms with E-state index >= 15 is 0 Å². The molecular formula is C36H46ClN3O7S. The van der Waals surface area contributed by atoms with Gasteiger partial charge in [0.25, 0.3) is 5.91 Å². The van der Waals surface area contributed by atoms with Crippen LogP contribution in [-0.2, 0) is 26.0 Å². The SMILES string of the molecule is C[C@@H]1CN([C@H](C)CO)C(=O)c2cc(NC(=O)Cc3ccccc3)ccc2O[C@@H](C)CCCCO[C@H]1CN(C)S(=O)(=O)c1ccc(Cl)cc1. The van der Waals surface area contributed by atoms with Crippen molar-refractivity contribution in [2.24, 2.45) is 5.92 Å². The highest BCUT2D eigenvalue weighted by Crippen LogP contribution is 2.29. The number of fused-ring (bicyclic) bond motifs is 1. The van der Waals surface area contributed by atoms with Gasteiger partial charge in [-0.25, -0.2) is 8.42 Å². The molecule has 0 saturated heterocycles.